The maximum Gasteiger partial charge on any atom is 0.416 e. The van der Waals surface area contributed by atoms with Crippen LogP contribution in [-0.4, -0.2) is 5.50 Å². The van der Waals surface area contributed by atoms with Gasteiger partial charge >= 0.3 is 6.18 Å². The van der Waals surface area contributed by atoms with Crippen LogP contribution in [0.4, 0.5) is 13.2 Å². The van der Waals surface area contributed by atoms with Crippen molar-refractivity contribution in [2.75, 3.05) is 0 Å². The predicted molar refractivity (Wildman–Crippen MR) is 83.5 cm³/mol. The fourth-order valence-electron chi connectivity index (χ4n) is 2.32. The minimum Gasteiger partial charge on any atom is -0.297 e. The van der Waals surface area contributed by atoms with Crippen molar-refractivity contribution in [2.24, 2.45) is 0 Å². The Morgan fingerprint density at radius 1 is 1.14 bits per heavy atom. The third-order valence-corrected chi connectivity index (χ3v) is 3.42. The number of alkyl halides is 4. The summed E-state index contributed by atoms with van der Waals surface area (Å²) >= 11 is 5.78. The Bertz CT molecular complexity index is 636. The van der Waals surface area contributed by atoms with E-state index in [0.29, 0.717) is 5.56 Å². The lowest BCUT2D eigenvalue weighted by molar-refractivity contribution is -0.138. The number of hydrogen-bond donors (Lipinski definition) is 1. The highest BCUT2D eigenvalue weighted by atomic mass is 35.5. The molecule has 22 heavy (non-hydrogen) atoms. The van der Waals surface area contributed by atoms with Crippen LogP contribution in [0.5, 0.6) is 0 Å². The lowest BCUT2D eigenvalue weighted by Gasteiger charge is -2.18. The highest BCUT2D eigenvalue weighted by molar-refractivity contribution is 6.20. The van der Waals surface area contributed by atoms with Gasteiger partial charge in [0.15, 0.2) is 0 Å². The van der Waals surface area contributed by atoms with E-state index in [-0.39, 0.29) is 17.7 Å². The highest BCUT2D eigenvalue weighted by Crippen LogP contribution is 2.37. The lowest BCUT2D eigenvalue weighted by atomic mass is 9.94. The van der Waals surface area contributed by atoms with Gasteiger partial charge in [0.05, 0.1) is 11.1 Å². The van der Waals surface area contributed by atoms with E-state index in [2.05, 4.69) is 12.2 Å². The summed E-state index contributed by atoms with van der Waals surface area (Å²) in [6.07, 6.45) is -4.45. The Kier molecular flexibility index (Phi) is 5.14. The first kappa shape index (κ1) is 16.8. The molecule has 0 aliphatic carbocycles. The van der Waals surface area contributed by atoms with Gasteiger partial charge in [-0.3, -0.25) is 5.32 Å². The summed E-state index contributed by atoms with van der Waals surface area (Å²) in [7, 11) is 0. The first-order chi connectivity index (χ1) is 10.3. The quantitative estimate of drug-likeness (QED) is 0.599. The largest absolute Gasteiger partial charge is 0.416 e. The maximum absolute atomic E-state index is 13.3. The molecule has 2 aromatic rings. The average Bonchev–Trinajstić information content (AvgIpc) is 2.44. The second kappa shape index (κ2) is 6.71. The number of hydrogen-bond acceptors (Lipinski definition) is 1. The van der Waals surface area contributed by atoms with Gasteiger partial charge < -0.3 is 0 Å². The summed E-state index contributed by atoms with van der Waals surface area (Å²) in [6, 6.07) is 12.2. The van der Waals surface area contributed by atoms with Crippen LogP contribution in [0.15, 0.2) is 42.5 Å². The molecule has 2 rings (SSSR count). The van der Waals surface area contributed by atoms with Crippen LogP contribution >= 0.6 is 11.6 Å². The van der Waals surface area contributed by atoms with Crippen molar-refractivity contribution < 1.29 is 13.2 Å². The van der Waals surface area contributed by atoms with Crippen molar-refractivity contribution >= 4 is 11.6 Å². The van der Waals surface area contributed by atoms with Gasteiger partial charge in [-0.15, -0.1) is 11.6 Å². The van der Waals surface area contributed by atoms with Gasteiger partial charge in [-0.2, -0.15) is 13.2 Å². The van der Waals surface area contributed by atoms with E-state index < -0.39 is 17.2 Å². The minimum absolute atomic E-state index is 0.0305. The highest BCUT2D eigenvalue weighted by Gasteiger charge is 2.35. The molecular weight excluding hydrogens is 311 g/mol. The monoisotopic (exact) mass is 326 g/mol. The van der Waals surface area contributed by atoms with Crippen molar-refractivity contribution in [1.82, 2.24) is 5.32 Å². The second-order valence-electron chi connectivity index (χ2n) is 5.03. The molecule has 0 aliphatic heterocycles. The molecule has 0 fully saturated rings. The fourth-order valence-corrected chi connectivity index (χ4v) is 2.40. The van der Waals surface area contributed by atoms with E-state index in [1.165, 1.54) is 6.07 Å². The Balaban J connectivity index is 2.52. The third kappa shape index (κ3) is 4.02. The van der Waals surface area contributed by atoms with E-state index in [1.54, 1.807) is 13.0 Å². The van der Waals surface area contributed by atoms with E-state index >= 15 is 0 Å². The van der Waals surface area contributed by atoms with Crippen LogP contribution in [0.3, 0.4) is 0 Å². The van der Waals surface area contributed by atoms with Crippen LogP contribution in [0.2, 0.25) is 0 Å². The average molecular weight is 327 g/mol. The predicted octanol–water partition coefficient (Wildman–Crippen LogP) is 5.23. The van der Waals surface area contributed by atoms with Crippen molar-refractivity contribution in [2.45, 2.75) is 25.1 Å². The van der Waals surface area contributed by atoms with Crippen molar-refractivity contribution in [3.8, 4) is 11.1 Å². The summed E-state index contributed by atoms with van der Waals surface area (Å²) in [5.74, 6) is 0. The molecule has 0 amide bonds. The SMILES string of the molecule is [CH2]c1cc(-c2ccccc2)cc(CNC(C)Cl)c1C(F)(F)F. The van der Waals surface area contributed by atoms with Crippen molar-refractivity contribution in [1.29, 1.82) is 0 Å². The molecule has 5 heteroatoms. The van der Waals surface area contributed by atoms with Gasteiger partial charge in [-0.25, -0.2) is 0 Å². The Labute approximate surface area is 133 Å². The Morgan fingerprint density at radius 2 is 1.77 bits per heavy atom. The second-order valence-corrected chi connectivity index (χ2v) is 5.68. The summed E-state index contributed by atoms with van der Waals surface area (Å²) < 4.78 is 39.8. The number of rotatable bonds is 4. The summed E-state index contributed by atoms with van der Waals surface area (Å²) in [6.45, 7) is 5.28. The summed E-state index contributed by atoms with van der Waals surface area (Å²) in [5.41, 5.74) is 0.546. The smallest absolute Gasteiger partial charge is 0.297 e. The molecule has 0 saturated carbocycles. The fraction of sp³-hybridized carbons (Fsp3) is 0.235. The molecule has 2 aromatic carbocycles. The Hall–Kier alpha value is -1.52. The van der Waals surface area contributed by atoms with E-state index in [0.717, 1.165) is 5.56 Å². The van der Waals surface area contributed by atoms with Crippen molar-refractivity contribution in [3.05, 3.63) is 66.1 Å². The molecule has 1 nitrogen and oxygen atoms in total. The summed E-state index contributed by atoms with van der Waals surface area (Å²) in [4.78, 5) is 0. The molecule has 0 aliphatic rings. The van der Waals surface area contributed by atoms with Crippen LogP contribution in [-0.2, 0) is 12.7 Å². The Morgan fingerprint density at radius 3 is 2.32 bits per heavy atom. The molecular formula is C17H16ClF3N. The zero-order valence-corrected chi connectivity index (χ0v) is 12.8. The van der Waals surface area contributed by atoms with Crippen LogP contribution in [0.1, 0.15) is 23.6 Å². The number of nitrogens with one attached hydrogen (secondary N) is 1. The molecule has 0 spiro atoms. The molecule has 0 aromatic heterocycles. The lowest BCUT2D eigenvalue weighted by Crippen LogP contribution is -2.23. The van der Waals surface area contributed by atoms with E-state index in [9.17, 15) is 13.2 Å². The topological polar surface area (TPSA) is 12.0 Å². The van der Waals surface area contributed by atoms with Crippen molar-refractivity contribution in [3.63, 3.8) is 0 Å². The standard InChI is InChI=1S/C17H16ClF3N/c1-11-8-14(13-6-4-3-5-7-13)9-15(10-22-12(2)18)16(11)17(19,20)21/h3-9,12,22H,1,10H2,2H3. The van der Waals surface area contributed by atoms with Gasteiger partial charge in [0.2, 0.25) is 0 Å². The zero-order valence-electron chi connectivity index (χ0n) is 12.0. The third-order valence-electron chi connectivity index (χ3n) is 3.27. The molecule has 1 N–H and O–H groups in total. The van der Waals surface area contributed by atoms with Gasteiger partial charge in [0.25, 0.3) is 0 Å². The van der Waals surface area contributed by atoms with E-state index in [1.807, 2.05) is 30.3 Å². The van der Waals surface area contributed by atoms with Gasteiger partial charge in [0.1, 0.15) is 0 Å². The molecule has 1 atom stereocenters. The molecule has 0 bridgehead atoms. The van der Waals surface area contributed by atoms with Crippen LogP contribution < -0.4 is 5.32 Å². The molecule has 1 unspecified atom stereocenters. The van der Waals surface area contributed by atoms with E-state index in [4.69, 9.17) is 11.6 Å². The van der Waals surface area contributed by atoms with Gasteiger partial charge in [-0.05, 0) is 42.2 Å². The van der Waals surface area contributed by atoms with Gasteiger partial charge in [-0.1, -0.05) is 36.4 Å². The van der Waals surface area contributed by atoms with Crippen LogP contribution in [0.25, 0.3) is 11.1 Å². The number of halogens is 4. The minimum atomic E-state index is -4.45. The maximum atomic E-state index is 13.3. The zero-order chi connectivity index (χ0) is 16.3. The molecule has 1 radical (unpaired) electrons. The molecule has 117 valence electrons. The molecule has 0 saturated heterocycles. The first-order valence-electron chi connectivity index (χ1n) is 6.78. The first-order valence-corrected chi connectivity index (χ1v) is 7.21. The normalized spacial score (nSPS) is 13.2. The number of benzene rings is 2. The van der Waals surface area contributed by atoms with Crippen LogP contribution in [0, 0.1) is 6.92 Å². The molecule has 0 heterocycles. The summed E-state index contributed by atoms with van der Waals surface area (Å²) in [5, 5.41) is 2.82. The van der Waals surface area contributed by atoms with Gasteiger partial charge in [0, 0.05) is 6.54 Å².